The normalized spacial score (nSPS) is 17.0. The van der Waals surface area contributed by atoms with Gasteiger partial charge >= 0.3 is 0 Å². The van der Waals surface area contributed by atoms with Crippen molar-refractivity contribution < 1.29 is 0 Å². The predicted octanol–water partition coefficient (Wildman–Crippen LogP) is 5.26. The van der Waals surface area contributed by atoms with Crippen LogP contribution in [0.4, 0.5) is 11.4 Å². The summed E-state index contributed by atoms with van der Waals surface area (Å²) in [4.78, 5) is 5.10. The van der Waals surface area contributed by atoms with E-state index in [0.29, 0.717) is 0 Å². The predicted molar refractivity (Wildman–Crippen MR) is 103 cm³/mol. The zero-order valence-corrected chi connectivity index (χ0v) is 14.9. The second-order valence-electron chi connectivity index (χ2n) is 6.99. The van der Waals surface area contributed by atoms with E-state index in [1.54, 1.807) is 0 Å². The summed E-state index contributed by atoms with van der Waals surface area (Å²) in [5.74, 6) is 0. The SMILES string of the molecule is Clc1ccc2c(c1)Cc1ccccc1N2CCCCN1CCCC1. The molecule has 126 valence electrons. The third-order valence-corrected chi connectivity index (χ3v) is 5.54. The fourth-order valence-corrected chi connectivity index (χ4v) is 4.26. The van der Waals surface area contributed by atoms with Crippen molar-refractivity contribution in [3.05, 3.63) is 58.6 Å². The molecule has 2 heterocycles. The third kappa shape index (κ3) is 3.31. The zero-order valence-electron chi connectivity index (χ0n) is 14.2. The summed E-state index contributed by atoms with van der Waals surface area (Å²) in [5, 5.41) is 0.835. The molecule has 2 nitrogen and oxygen atoms in total. The van der Waals surface area contributed by atoms with Gasteiger partial charge in [0.1, 0.15) is 0 Å². The monoisotopic (exact) mass is 340 g/mol. The quantitative estimate of drug-likeness (QED) is 0.685. The van der Waals surface area contributed by atoms with Gasteiger partial charge in [0.25, 0.3) is 0 Å². The first-order valence-corrected chi connectivity index (χ1v) is 9.55. The van der Waals surface area contributed by atoms with Crippen LogP contribution >= 0.6 is 11.6 Å². The fraction of sp³-hybridized carbons (Fsp3) is 0.429. The molecule has 0 aliphatic carbocycles. The Morgan fingerprint density at radius 1 is 0.833 bits per heavy atom. The fourth-order valence-electron chi connectivity index (χ4n) is 4.07. The van der Waals surface area contributed by atoms with E-state index >= 15 is 0 Å². The molecule has 0 amide bonds. The topological polar surface area (TPSA) is 6.48 Å². The van der Waals surface area contributed by atoms with Crippen LogP contribution in [0.3, 0.4) is 0 Å². The largest absolute Gasteiger partial charge is 0.341 e. The van der Waals surface area contributed by atoms with Crippen LogP contribution in [-0.4, -0.2) is 31.1 Å². The summed E-state index contributed by atoms with van der Waals surface area (Å²) in [6.45, 7) is 4.93. The second-order valence-corrected chi connectivity index (χ2v) is 7.42. The minimum atomic E-state index is 0.835. The first kappa shape index (κ1) is 16.0. The number of unbranched alkanes of at least 4 members (excludes halogenated alkanes) is 1. The molecule has 0 saturated carbocycles. The van der Waals surface area contributed by atoms with E-state index in [1.165, 1.54) is 67.8 Å². The van der Waals surface area contributed by atoms with Gasteiger partial charge < -0.3 is 9.80 Å². The molecule has 2 aliphatic rings. The number of benzene rings is 2. The maximum Gasteiger partial charge on any atom is 0.0447 e. The Kier molecular flexibility index (Phi) is 4.77. The Hall–Kier alpha value is -1.51. The number of fused-ring (bicyclic) bond motifs is 2. The van der Waals surface area contributed by atoms with Crippen LogP contribution in [0.2, 0.25) is 5.02 Å². The first-order chi connectivity index (χ1) is 11.8. The molecule has 0 unspecified atom stereocenters. The maximum atomic E-state index is 6.23. The number of hydrogen-bond donors (Lipinski definition) is 0. The van der Waals surface area contributed by atoms with Crippen molar-refractivity contribution in [3.63, 3.8) is 0 Å². The standard InChI is InChI=1S/C21H25ClN2/c22-19-9-10-21-18(16-19)15-17-7-1-2-8-20(17)24(21)14-6-5-13-23-11-3-4-12-23/h1-2,7-10,16H,3-6,11-15H2. The van der Waals surface area contributed by atoms with Gasteiger partial charge in [-0.3, -0.25) is 0 Å². The Morgan fingerprint density at radius 2 is 1.58 bits per heavy atom. The summed E-state index contributed by atoms with van der Waals surface area (Å²) in [6, 6.07) is 15.1. The van der Waals surface area contributed by atoms with Crippen LogP contribution in [0.15, 0.2) is 42.5 Å². The molecular formula is C21H25ClN2. The molecule has 2 aromatic rings. The molecule has 24 heavy (non-hydrogen) atoms. The van der Waals surface area contributed by atoms with Crippen LogP contribution in [0.5, 0.6) is 0 Å². The number of para-hydroxylation sites is 1. The van der Waals surface area contributed by atoms with E-state index in [2.05, 4.69) is 46.2 Å². The second kappa shape index (κ2) is 7.16. The lowest BCUT2D eigenvalue weighted by Crippen LogP contribution is -2.26. The number of likely N-dealkylation sites (tertiary alicyclic amines) is 1. The number of hydrogen-bond acceptors (Lipinski definition) is 2. The van der Waals surface area contributed by atoms with E-state index in [1.807, 2.05) is 6.07 Å². The zero-order chi connectivity index (χ0) is 16.4. The molecule has 2 aromatic carbocycles. The molecule has 2 aliphatic heterocycles. The van der Waals surface area contributed by atoms with Crippen molar-refractivity contribution in [2.75, 3.05) is 31.1 Å². The van der Waals surface area contributed by atoms with Gasteiger partial charge in [-0.2, -0.15) is 0 Å². The smallest absolute Gasteiger partial charge is 0.0447 e. The number of rotatable bonds is 5. The van der Waals surface area contributed by atoms with Crippen molar-refractivity contribution in [1.29, 1.82) is 0 Å². The van der Waals surface area contributed by atoms with Gasteiger partial charge in [0.15, 0.2) is 0 Å². The van der Waals surface area contributed by atoms with Crippen molar-refractivity contribution in [1.82, 2.24) is 4.90 Å². The van der Waals surface area contributed by atoms with E-state index in [9.17, 15) is 0 Å². The lowest BCUT2D eigenvalue weighted by Gasteiger charge is -2.33. The van der Waals surface area contributed by atoms with Crippen LogP contribution in [-0.2, 0) is 6.42 Å². The summed E-state index contributed by atoms with van der Waals surface area (Å²) < 4.78 is 0. The molecule has 0 spiro atoms. The van der Waals surface area contributed by atoms with Gasteiger partial charge in [0.2, 0.25) is 0 Å². The summed E-state index contributed by atoms with van der Waals surface area (Å²) >= 11 is 6.23. The van der Waals surface area contributed by atoms with Gasteiger partial charge in [-0.15, -0.1) is 0 Å². The lowest BCUT2D eigenvalue weighted by molar-refractivity contribution is 0.331. The molecule has 1 saturated heterocycles. The molecular weight excluding hydrogens is 316 g/mol. The highest BCUT2D eigenvalue weighted by molar-refractivity contribution is 6.30. The molecule has 0 radical (unpaired) electrons. The molecule has 0 atom stereocenters. The molecule has 0 aromatic heterocycles. The number of nitrogens with zero attached hydrogens (tertiary/aromatic N) is 2. The third-order valence-electron chi connectivity index (χ3n) is 5.30. The van der Waals surface area contributed by atoms with Crippen LogP contribution in [0, 0.1) is 0 Å². The van der Waals surface area contributed by atoms with E-state index in [-0.39, 0.29) is 0 Å². The maximum absolute atomic E-state index is 6.23. The van der Waals surface area contributed by atoms with Gasteiger partial charge in [-0.05, 0) is 80.7 Å². The van der Waals surface area contributed by atoms with Gasteiger partial charge in [-0.25, -0.2) is 0 Å². The van der Waals surface area contributed by atoms with E-state index < -0.39 is 0 Å². The number of anilines is 2. The Bertz CT molecular complexity index is 707. The Labute approximate surface area is 150 Å². The average Bonchev–Trinajstić information content (AvgIpc) is 3.11. The molecule has 0 bridgehead atoms. The molecule has 4 rings (SSSR count). The summed E-state index contributed by atoms with van der Waals surface area (Å²) in [6.07, 6.45) is 6.26. The van der Waals surface area contributed by atoms with E-state index in [4.69, 9.17) is 11.6 Å². The minimum Gasteiger partial charge on any atom is -0.341 e. The average molecular weight is 341 g/mol. The van der Waals surface area contributed by atoms with Gasteiger partial charge in [0.05, 0.1) is 0 Å². The van der Waals surface area contributed by atoms with Crippen molar-refractivity contribution in [3.8, 4) is 0 Å². The molecule has 3 heteroatoms. The van der Waals surface area contributed by atoms with Gasteiger partial charge in [0, 0.05) is 29.4 Å². The van der Waals surface area contributed by atoms with Crippen LogP contribution in [0.1, 0.15) is 36.8 Å². The van der Waals surface area contributed by atoms with Crippen molar-refractivity contribution >= 4 is 23.0 Å². The van der Waals surface area contributed by atoms with Gasteiger partial charge in [-0.1, -0.05) is 29.8 Å². The van der Waals surface area contributed by atoms with E-state index in [0.717, 1.165) is 18.0 Å². The van der Waals surface area contributed by atoms with Crippen LogP contribution in [0.25, 0.3) is 0 Å². The summed E-state index contributed by atoms with van der Waals surface area (Å²) in [5.41, 5.74) is 5.46. The lowest BCUT2D eigenvalue weighted by atomic mass is 9.95. The first-order valence-electron chi connectivity index (χ1n) is 9.17. The minimum absolute atomic E-state index is 0.835. The highest BCUT2D eigenvalue weighted by atomic mass is 35.5. The number of halogens is 1. The van der Waals surface area contributed by atoms with Crippen molar-refractivity contribution in [2.24, 2.45) is 0 Å². The van der Waals surface area contributed by atoms with Crippen LogP contribution < -0.4 is 4.90 Å². The Morgan fingerprint density at radius 3 is 2.46 bits per heavy atom. The highest BCUT2D eigenvalue weighted by Crippen LogP contribution is 2.39. The Balaban J connectivity index is 1.49. The highest BCUT2D eigenvalue weighted by Gasteiger charge is 2.22. The van der Waals surface area contributed by atoms with Crippen molar-refractivity contribution in [2.45, 2.75) is 32.1 Å². The molecule has 0 N–H and O–H groups in total. The molecule has 1 fully saturated rings. The summed E-state index contributed by atoms with van der Waals surface area (Å²) in [7, 11) is 0.